The van der Waals surface area contributed by atoms with Crippen LogP contribution < -0.4 is 0 Å². The van der Waals surface area contributed by atoms with Crippen molar-refractivity contribution in [1.29, 1.82) is 0 Å². The van der Waals surface area contributed by atoms with Gasteiger partial charge in [-0.25, -0.2) is 0 Å². The molecule has 62 valence electrons. The summed E-state index contributed by atoms with van der Waals surface area (Å²) in [6.07, 6.45) is 7.39. The largest absolute Gasteiger partial charge is 0.295 e. The molecular weight excluding hydrogens is 136 g/mol. The third kappa shape index (κ3) is 2.49. The molecule has 0 aromatic carbocycles. The molecule has 1 rings (SSSR count). The lowest BCUT2D eigenvalue weighted by molar-refractivity contribution is -0.113. The highest BCUT2D eigenvalue weighted by molar-refractivity contribution is 5.92. The number of hydrogen-bond donors (Lipinski definition) is 0. The van der Waals surface area contributed by atoms with Gasteiger partial charge >= 0.3 is 0 Å². The summed E-state index contributed by atoms with van der Waals surface area (Å²) in [5.41, 5.74) is 0.942. The van der Waals surface area contributed by atoms with Crippen molar-refractivity contribution >= 4 is 5.78 Å². The standard InChI is InChI=1S/C10H16O/c1-8(9(2)11)7-10-5-3-4-6-10/h7,10H,3-6H2,1-2H3/b8-7+. The monoisotopic (exact) mass is 152 g/mol. The lowest BCUT2D eigenvalue weighted by Crippen LogP contribution is -1.95. The van der Waals surface area contributed by atoms with Crippen LogP contribution >= 0.6 is 0 Å². The SMILES string of the molecule is CC(=O)/C(C)=C/C1CCCC1. The molecule has 0 aromatic heterocycles. The predicted octanol–water partition coefficient (Wildman–Crippen LogP) is 2.71. The van der Waals surface area contributed by atoms with Gasteiger partial charge in [-0.2, -0.15) is 0 Å². The van der Waals surface area contributed by atoms with Crippen molar-refractivity contribution in [3.63, 3.8) is 0 Å². The fourth-order valence-corrected chi connectivity index (χ4v) is 1.59. The smallest absolute Gasteiger partial charge is 0.155 e. The Hall–Kier alpha value is -0.590. The Morgan fingerprint density at radius 3 is 2.27 bits per heavy atom. The van der Waals surface area contributed by atoms with Gasteiger partial charge in [-0.1, -0.05) is 18.9 Å². The second-order valence-electron chi connectivity index (χ2n) is 3.45. The van der Waals surface area contributed by atoms with Crippen LogP contribution in [0.15, 0.2) is 11.6 Å². The van der Waals surface area contributed by atoms with Crippen LogP contribution in [0.2, 0.25) is 0 Å². The van der Waals surface area contributed by atoms with E-state index in [0.29, 0.717) is 5.92 Å². The fourth-order valence-electron chi connectivity index (χ4n) is 1.59. The quantitative estimate of drug-likeness (QED) is 0.556. The van der Waals surface area contributed by atoms with Gasteiger partial charge in [0.1, 0.15) is 0 Å². The Labute approximate surface area is 68.5 Å². The van der Waals surface area contributed by atoms with Crippen molar-refractivity contribution in [2.45, 2.75) is 39.5 Å². The van der Waals surface area contributed by atoms with Crippen molar-refractivity contribution in [1.82, 2.24) is 0 Å². The maximum absolute atomic E-state index is 10.9. The minimum atomic E-state index is 0.219. The van der Waals surface area contributed by atoms with Crippen LogP contribution in [0.4, 0.5) is 0 Å². The van der Waals surface area contributed by atoms with Gasteiger partial charge in [0.2, 0.25) is 0 Å². The first-order chi connectivity index (χ1) is 5.20. The lowest BCUT2D eigenvalue weighted by Gasteiger charge is -2.02. The molecule has 11 heavy (non-hydrogen) atoms. The number of Topliss-reactive ketones (excluding diaryl/α,β-unsaturated/α-hetero) is 1. The van der Waals surface area contributed by atoms with Crippen molar-refractivity contribution < 1.29 is 4.79 Å². The highest BCUT2D eigenvalue weighted by Gasteiger charge is 2.12. The van der Waals surface area contributed by atoms with Gasteiger partial charge < -0.3 is 0 Å². The molecule has 0 saturated heterocycles. The molecule has 0 atom stereocenters. The number of hydrogen-bond acceptors (Lipinski definition) is 1. The zero-order chi connectivity index (χ0) is 8.27. The molecule has 0 radical (unpaired) electrons. The first kappa shape index (κ1) is 8.51. The minimum Gasteiger partial charge on any atom is -0.295 e. The van der Waals surface area contributed by atoms with Gasteiger partial charge in [0, 0.05) is 0 Å². The zero-order valence-electron chi connectivity index (χ0n) is 7.39. The van der Waals surface area contributed by atoms with Crippen molar-refractivity contribution in [3.8, 4) is 0 Å². The van der Waals surface area contributed by atoms with Crippen LogP contribution in [0.3, 0.4) is 0 Å². The van der Waals surface area contributed by atoms with Gasteiger partial charge in [-0.15, -0.1) is 0 Å². The van der Waals surface area contributed by atoms with Crippen molar-refractivity contribution in [2.75, 3.05) is 0 Å². The van der Waals surface area contributed by atoms with Crippen LogP contribution in [0.1, 0.15) is 39.5 Å². The molecule has 0 N–H and O–H groups in total. The predicted molar refractivity (Wildman–Crippen MR) is 46.4 cm³/mol. The normalized spacial score (nSPS) is 20.7. The summed E-state index contributed by atoms with van der Waals surface area (Å²) in [5, 5.41) is 0. The molecule has 1 saturated carbocycles. The minimum absolute atomic E-state index is 0.219. The first-order valence-electron chi connectivity index (χ1n) is 4.39. The molecule has 0 heterocycles. The van der Waals surface area contributed by atoms with E-state index < -0.39 is 0 Å². The summed E-state index contributed by atoms with van der Waals surface area (Å²) in [4.78, 5) is 10.9. The average molecular weight is 152 g/mol. The first-order valence-corrected chi connectivity index (χ1v) is 4.39. The molecule has 1 fully saturated rings. The van der Waals surface area contributed by atoms with E-state index in [-0.39, 0.29) is 5.78 Å². The Bertz CT molecular complexity index is 173. The number of carbonyl (C=O) groups is 1. The molecule has 1 aliphatic rings. The van der Waals surface area contributed by atoms with Gasteiger partial charge in [-0.05, 0) is 38.2 Å². The van der Waals surface area contributed by atoms with Gasteiger partial charge in [-0.3, -0.25) is 4.79 Å². The highest BCUT2D eigenvalue weighted by Crippen LogP contribution is 2.26. The van der Waals surface area contributed by atoms with Crippen LogP contribution in [-0.4, -0.2) is 5.78 Å². The third-order valence-corrected chi connectivity index (χ3v) is 2.44. The second-order valence-corrected chi connectivity index (χ2v) is 3.45. The second kappa shape index (κ2) is 3.70. The van der Waals surface area contributed by atoms with Crippen LogP contribution in [-0.2, 0) is 4.79 Å². The Morgan fingerprint density at radius 2 is 1.82 bits per heavy atom. The molecule has 1 aliphatic carbocycles. The van der Waals surface area contributed by atoms with E-state index in [1.165, 1.54) is 25.7 Å². The molecule has 1 nitrogen and oxygen atoms in total. The highest BCUT2D eigenvalue weighted by atomic mass is 16.1. The summed E-state index contributed by atoms with van der Waals surface area (Å²) in [5.74, 6) is 0.913. The topological polar surface area (TPSA) is 17.1 Å². The van der Waals surface area contributed by atoms with Crippen LogP contribution in [0.5, 0.6) is 0 Å². The van der Waals surface area contributed by atoms with Crippen molar-refractivity contribution in [2.24, 2.45) is 5.92 Å². The van der Waals surface area contributed by atoms with E-state index in [4.69, 9.17) is 0 Å². The summed E-state index contributed by atoms with van der Waals surface area (Å²) in [6, 6.07) is 0. The molecule has 0 amide bonds. The molecular formula is C10H16O. The van der Waals surface area contributed by atoms with E-state index in [2.05, 4.69) is 6.08 Å². The molecule has 0 bridgehead atoms. The Balaban J connectivity index is 2.49. The number of carbonyl (C=O) groups excluding carboxylic acids is 1. The fraction of sp³-hybridized carbons (Fsp3) is 0.700. The molecule has 0 unspecified atom stereocenters. The Morgan fingerprint density at radius 1 is 1.27 bits per heavy atom. The molecule has 0 spiro atoms. The Kier molecular flexibility index (Phi) is 2.86. The van der Waals surface area contributed by atoms with Gasteiger partial charge in [0.25, 0.3) is 0 Å². The average Bonchev–Trinajstić information content (AvgIpc) is 2.39. The molecule has 1 heteroatoms. The van der Waals surface area contributed by atoms with E-state index in [1.807, 2.05) is 6.92 Å². The maximum atomic E-state index is 10.9. The molecule has 0 aliphatic heterocycles. The van der Waals surface area contributed by atoms with Crippen LogP contribution in [0.25, 0.3) is 0 Å². The zero-order valence-corrected chi connectivity index (χ0v) is 7.39. The summed E-state index contributed by atoms with van der Waals surface area (Å²) >= 11 is 0. The van der Waals surface area contributed by atoms with Gasteiger partial charge in [0.05, 0.1) is 0 Å². The molecule has 0 aromatic rings. The van der Waals surface area contributed by atoms with Crippen molar-refractivity contribution in [3.05, 3.63) is 11.6 Å². The number of rotatable bonds is 2. The number of ketones is 1. The van der Waals surface area contributed by atoms with E-state index in [1.54, 1.807) is 6.92 Å². The van der Waals surface area contributed by atoms with E-state index in [0.717, 1.165) is 5.57 Å². The summed E-state index contributed by atoms with van der Waals surface area (Å²) in [7, 11) is 0. The van der Waals surface area contributed by atoms with Crippen LogP contribution in [0, 0.1) is 5.92 Å². The van der Waals surface area contributed by atoms with E-state index in [9.17, 15) is 4.79 Å². The maximum Gasteiger partial charge on any atom is 0.155 e. The number of allylic oxidation sites excluding steroid dienone is 2. The van der Waals surface area contributed by atoms with E-state index >= 15 is 0 Å². The summed E-state index contributed by atoms with van der Waals surface area (Å²) in [6.45, 7) is 3.56. The third-order valence-electron chi connectivity index (χ3n) is 2.44. The van der Waals surface area contributed by atoms with Gasteiger partial charge in [0.15, 0.2) is 5.78 Å². The summed E-state index contributed by atoms with van der Waals surface area (Å²) < 4.78 is 0. The lowest BCUT2D eigenvalue weighted by atomic mass is 10.0.